The van der Waals surface area contributed by atoms with Gasteiger partial charge in [0.25, 0.3) is 0 Å². The number of rotatable bonds is 7. The van der Waals surface area contributed by atoms with Crippen LogP contribution in [-0.2, 0) is 0 Å². The van der Waals surface area contributed by atoms with Crippen molar-refractivity contribution in [3.05, 3.63) is 218 Å². The normalized spacial score (nSPS) is 11.8. The SMILES string of the molecule is c1ccc(-c2nc(-c3ccc(-n4c5ccccc5c5ccc6c7ccccc7n(-c7nc(-c8ccccc8)nc(-c8ccccc8)n7)c6c54)cc3)nc(-c3ccc4c(c3)sc3ccccc34)n2)cc1. The van der Waals surface area contributed by atoms with Crippen LogP contribution in [0.15, 0.2) is 218 Å². The molecule has 0 aliphatic rings. The number of para-hydroxylation sites is 2. The van der Waals surface area contributed by atoms with Crippen molar-refractivity contribution in [1.82, 2.24) is 39.0 Å². The van der Waals surface area contributed by atoms with E-state index in [4.69, 9.17) is 29.9 Å². The van der Waals surface area contributed by atoms with E-state index in [1.165, 1.54) is 20.2 Å². The Bertz CT molecular complexity index is 4240. The molecule has 0 saturated carbocycles. The van der Waals surface area contributed by atoms with Gasteiger partial charge in [0.05, 0.1) is 22.1 Å². The smallest absolute Gasteiger partial charge is 0.238 e. The van der Waals surface area contributed by atoms with Crippen LogP contribution in [0.3, 0.4) is 0 Å². The third-order valence-electron chi connectivity index (χ3n) is 13.0. The number of hydrogen-bond donors (Lipinski definition) is 0. The molecule has 0 fully saturated rings. The predicted octanol–water partition coefficient (Wildman–Crippen LogP) is 15.0. The highest BCUT2D eigenvalue weighted by Crippen LogP contribution is 2.42. The molecule has 322 valence electrons. The Hall–Kier alpha value is -9.18. The van der Waals surface area contributed by atoms with Crippen molar-refractivity contribution in [2.75, 3.05) is 0 Å². The zero-order chi connectivity index (χ0) is 45.4. The zero-order valence-electron chi connectivity index (χ0n) is 36.8. The fourth-order valence-electron chi connectivity index (χ4n) is 9.85. The van der Waals surface area contributed by atoms with E-state index < -0.39 is 0 Å². The monoisotopic (exact) mass is 900 g/mol. The van der Waals surface area contributed by atoms with E-state index in [1.54, 1.807) is 11.3 Å². The molecule has 14 aromatic rings. The van der Waals surface area contributed by atoms with Gasteiger partial charge in [0.2, 0.25) is 5.95 Å². The lowest BCUT2D eigenvalue weighted by molar-refractivity contribution is 0.953. The highest BCUT2D eigenvalue weighted by molar-refractivity contribution is 7.25. The van der Waals surface area contributed by atoms with Crippen molar-refractivity contribution in [3.8, 4) is 68.6 Å². The number of fused-ring (bicyclic) bond motifs is 10. The minimum absolute atomic E-state index is 0.542. The summed E-state index contributed by atoms with van der Waals surface area (Å²) >= 11 is 1.79. The van der Waals surface area contributed by atoms with Gasteiger partial charge in [0, 0.05) is 75.2 Å². The molecule has 0 aliphatic heterocycles. The maximum absolute atomic E-state index is 5.28. The van der Waals surface area contributed by atoms with E-state index in [-0.39, 0.29) is 0 Å². The summed E-state index contributed by atoms with van der Waals surface area (Å²) in [5.41, 5.74) is 9.71. The third-order valence-corrected chi connectivity index (χ3v) is 14.2. The minimum atomic E-state index is 0.542. The molecule has 14 rings (SSSR count). The second kappa shape index (κ2) is 15.7. The van der Waals surface area contributed by atoms with E-state index in [0.29, 0.717) is 35.1 Å². The Morgan fingerprint density at radius 2 is 0.667 bits per heavy atom. The van der Waals surface area contributed by atoms with Crippen molar-refractivity contribution in [3.63, 3.8) is 0 Å². The fraction of sp³-hybridized carbons (Fsp3) is 0. The lowest BCUT2D eigenvalue weighted by Gasteiger charge is -2.14. The summed E-state index contributed by atoms with van der Waals surface area (Å²) in [5.74, 6) is 3.60. The standard InChI is InChI=1S/C60H36N8S/c1-4-16-37(17-5-1)55-61-56(63-59(62-55)41-30-33-46-45-24-12-15-27-51(45)69-52(46)36-41)40-28-31-42(32-29-40)67-49-25-13-10-22-43(49)47-34-35-48-44-23-11-14-26-50(44)68(54(48)53(47)67)60-65-57(38-18-6-2-7-19-38)64-58(66-60)39-20-8-3-9-21-39/h1-36H. The van der Waals surface area contributed by atoms with Gasteiger partial charge in [0.15, 0.2) is 29.1 Å². The van der Waals surface area contributed by atoms with Gasteiger partial charge in [-0.25, -0.2) is 19.9 Å². The van der Waals surface area contributed by atoms with E-state index >= 15 is 0 Å². The van der Waals surface area contributed by atoms with Crippen LogP contribution in [0.1, 0.15) is 0 Å². The Kier molecular flexibility index (Phi) is 8.90. The average Bonchev–Trinajstić information content (AvgIpc) is 4.09. The van der Waals surface area contributed by atoms with Crippen LogP contribution >= 0.6 is 11.3 Å². The van der Waals surface area contributed by atoms with Crippen LogP contribution in [0.2, 0.25) is 0 Å². The van der Waals surface area contributed by atoms with Crippen LogP contribution in [0.5, 0.6) is 0 Å². The molecule has 0 radical (unpaired) electrons. The first-order valence-electron chi connectivity index (χ1n) is 22.9. The summed E-state index contributed by atoms with van der Waals surface area (Å²) in [6, 6.07) is 75.7. The molecule has 0 bridgehead atoms. The molecular formula is C60H36N8S. The van der Waals surface area contributed by atoms with Gasteiger partial charge in [-0.3, -0.25) is 4.57 Å². The maximum atomic E-state index is 5.28. The van der Waals surface area contributed by atoms with Crippen molar-refractivity contribution < 1.29 is 0 Å². The fourth-order valence-corrected chi connectivity index (χ4v) is 11.0. The Labute approximate surface area is 399 Å². The van der Waals surface area contributed by atoms with Crippen LogP contribution in [0, 0.1) is 0 Å². The molecule has 69 heavy (non-hydrogen) atoms. The van der Waals surface area contributed by atoms with Crippen LogP contribution in [0.4, 0.5) is 0 Å². The quantitative estimate of drug-likeness (QED) is 0.158. The molecule has 5 heterocycles. The average molecular weight is 901 g/mol. The van der Waals surface area contributed by atoms with Gasteiger partial charge < -0.3 is 4.57 Å². The van der Waals surface area contributed by atoms with E-state index in [0.717, 1.165) is 77.1 Å². The van der Waals surface area contributed by atoms with Gasteiger partial charge >= 0.3 is 0 Å². The van der Waals surface area contributed by atoms with E-state index in [2.05, 4.69) is 137 Å². The van der Waals surface area contributed by atoms with Crippen molar-refractivity contribution >= 4 is 75.1 Å². The second-order valence-corrected chi connectivity index (χ2v) is 18.2. The number of hydrogen-bond acceptors (Lipinski definition) is 7. The van der Waals surface area contributed by atoms with Gasteiger partial charge in [-0.2, -0.15) is 9.97 Å². The number of nitrogens with zero attached hydrogens (tertiary/aromatic N) is 8. The molecule has 0 saturated heterocycles. The van der Waals surface area contributed by atoms with Gasteiger partial charge in [-0.15, -0.1) is 11.3 Å². The molecule has 0 spiro atoms. The molecule has 0 amide bonds. The summed E-state index contributed by atoms with van der Waals surface area (Å²) < 4.78 is 7.06. The van der Waals surface area contributed by atoms with E-state index in [1.807, 2.05) is 91.0 Å². The van der Waals surface area contributed by atoms with Gasteiger partial charge in [0.1, 0.15) is 0 Å². The largest absolute Gasteiger partial charge is 0.307 e. The van der Waals surface area contributed by atoms with E-state index in [9.17, 15) is 0 Å². The second-order valence-electron chi connectivity index (χ2n) is 17.1. The highest BCUT2D eigenvalue weighted by atomic mass is 32.1. The molecular weight excluding hydrogens is 865 g/mol. The zero-order valence-corrected chi connectivity index (χ0v) is 37.6. The molecule has 9 heteroatoms. The Balaban J connectivity index is 0.974. The lowest BCUT2D eigenvalue weighted by atomic mass is 10.1. The summed E-state index contributed by atoms with van der Waals surface area (Å²) in [4.78, 5) is 31.0. The Morgan fingerprint density at radius 3 is 1.23 bits per heavy atom. The first kappa shape index (κ1) is 39.0. The Morgan fingerprint density at radius 1 is 0.275 bits per heavy atom. The molecule has 8 nitrogen and oxygen atoms in total. The molecule has 0 unspecified atom stereocenters. The number of thiophene rings is 1. The van der Waals surface area contributed by atoms with Crippen molar-refractivity contribution in [1.29, 1.82) is 0 Å². The highest BCUT2D eigenvalue weighted by Gasteiger charge is 2.24. The number of benzene rings is 9. The third kappa shape index (κ3) is 6.43. The summed E-state index contributed by atoms with van der Waals surface area (Å²) in [6.07, 6.45) is 0. The summed E-state index contributed by atoms with van der Waals surface area (Å²) in [6.45, 7) is 0. The first-order valence-corrected chi connectivity index (χ1v) is 23.7. The predicted molar refractivity (Wildman–Crippen MR) is 282 cm³/mol. The number of aromatic nitrogens is 8. The topological polar surface area (TPSA) is 87.2 Å². The summed E-state index contributed by atoms with van der Waals surface area (Å²) in [5, 5.41) is 6.97. The molecule has 9 aromatic carbocycles. The minimum Gasteiger partial charge on any atom is -0.307 e. The first-order chi connectivity index (χ1) is 34.2. The van der Waals surface area contributed by atoms with Crippen molar-refractivity contribution in [2.45, 2.75) is 0 Å². The molecule has 0 N–H and O–H groups in total. The molecule has 0 atom stereocenters. The molecule has 5 aromatic heterocycles. The van der Waals surface area contributed by atoms with Crippen LogP contribution < -0.4 is 0 Å². The van der Waals surface area contributed by atoms with Crippen LogP contribution in [-0.4, -0.2) is 39.0 Å². The van der Waals surface area contributed by atoms with Crippen molar-refractivity contribution in [2.24, 2.45) is 0 Å². The lowest BCUT2D eigenvalue weighted by Crippen LogP contribution is -2.07. The van der Waals surface area contributed by atoms with Gasteiger partial charge in [-0.05, 0) is 48.5 Å². The maximum Gasteiger partial charge on any atom is 0.238 e. The van der Waals surface area contributed by atoms with Crippen LogP contribution in [0.25, 0.3) is 132 Å². The summed E-state index contributed by atoms with van der Waals surface area (Å²) in [7, 11) is 0. The van der Waals surface area contributed by atoms with Gasteiger partial charge in [-0.1, -0.05) is 170 Å². The molecule has 0 aliphatic carbocycles.